The molecule has 0 aromatic heterocycles. The van der Waals surface area contributed by atoms with E-state index in [0.717, 1.165) is 16.7 Å². The van der Waals surface area contributed by atoms with Crippen LogP contribution in [0.15, 0.2) is 112 Å². The first-order chi connectivity index (χ1) is 23.5. The Balaban J connectivity index is 1.65. The lowest BCUT2D eigenvalue weighted by Crippen LogP contribution is -2.50. The molecule has 0 radical (unpaired) electrons. The van der Waals surface area contributed by atoms with Gasteiger partial charge < -0.3 is 19.9 Å². The SMILES string of the molecule is [N-]=[N+]=NCc1ccccc1C[C@@]1(C(=O)NCc2ccccc2Cl)N=C(c2ccc(OCCCO)cc2)O[C@@H]1c1ccccc1CN=[N+]=[N-]. The molecular formula is C35H33ClN8O4. The van der Waals surface area contributed by atoms with Crippen LogP contribution < -0.4 is 10.1 Å². The number of benzene rings is 4. The maximum absolute atomic E-state index is 14.7. The van der Waals surface area contributed by atoms with Crippen molar-refractivity contribution in [2.75, 3.05) is 13.2 Å². The number of ether oxygens (including phenoxy) is 2. The van der Waals surface area contributed by atoms with E-state index in [4.69, 9.17) is 42.2 Å². The summed E-state index contributed by atoms with van der Waals surface area (Å²) in [6, 6.07) is 29.1. The van der Waals surface area contributed by atoms with Gasteiger partial charge in [0.25, 0.3) is 5.91 Å². The van der Waals surface area contributed by atoms with Crippen LogP contribution in [-0.2, 0) is 35.6 Å². The Labute approximate surface area is 282 Å². The molecule has 0 fully saturated rings. The second-order valence-corrected chi connectivity index (χ2v) is 11.4. The van der Waals surface area contributed by atoms with Gasteiger partial charge in [-0.1, -0.05) is 88.6 Å². The van der Waals surface area contributed by atoms with Crippen LogP contribution in [0.3, 0.4) is 0 Å². The highest BCUT2D eigenvalue weighted by molar-refractivity contribution is 6.31. The average molecular weight is 665 g/mol. The molecule has 244 valence electrons. The van der Waals surface area contributed by atoms with E-state index in [1.54, 1.807) is 30.3 Å². The number of rotatable bonds is 15. The van der Waals surface area contributed by atoms with Gasteiger partial charge in [-0.15, -0.1) is 0 Å². The predicted octanol–water partition coefficient (Wildman–Crippen LogP) is 7.54. The lowest BCUT2D eigenvalue weighted by atomic mass is 9.79. The molecule has 13 heteroatoms. The quantitative estimate of drug-likeness (QED) is 0.0577. The van der Waals surface area contributed by atoms with Gasteiger partial charge in [-0.05, 0) is 69.2 Å². The number of carbonyl (C=O) groups excluding carboxylic acids is 1. The number of azide groups is 2. The summed E-state index contributed by atoms with van der Waals surface area (Å²) < 4.78 is 12.4. The summed E-state index contributed by atoms with van der Waals surface area (Å²) >= 11 is 6.45. The molecule has 2 N–H and O–H groups in total. The number of nitrogens with zero attached hydrogens (tertiary/aromatic N) is 7. The van der Waals surface area contributed by atoms with Crippen molar-refractivity contribution in [3.8, 4) is 5.75 Å². The highest BCUT2D eigenvalue weighted by atomic mass is 35.5. The molecule has 0 aliphatic carbocycles. The third-order valence-corrected chi connectivity index (χ3v) is 8.32. The fourth-order valence-corrected chi connectivity index (χ4v) is 5.76. The molecule has 0 saturated heterocycles. The molecule has 1 amide bonds. The number of aliphatic hydroxyl groups excluding tert-OH is 1. The summed E-state index contributed by atoms with van der Waals surface area (Å²) in [7, 11) is 0. The molecule has 4 aromatic carbocycles. The van der Waals surface area contributed by atoms with Gasteiger partial charge >= 0.3 is 0 Å². The van der Waals surface area contributed by atoms with Crippen LogP contribution in [0.5, 0.6) is 5.75 Å². The third kappa shape index (κ3) is 7.88. The van der Waals surface area contributed by atoms with E-state index in [-0.39, 0.29) is 38.6 Å². The summed E-state index contributed by atoms with van der Waals surface area (Å²) in [5.41, 5.74) is 20.8. The second-order valence-electron chi connectivity index (χ2n) is 11.0. The average Bonchev–Trinajstić information content (AvgIpc) is 3.50. The van der Waals surface area contributed by atoms with Crippen molar-refractivity contribution in [1.82, 2.24) is 5.32 Å². The standard InChI is InChI=1S/C35H33ClN8O4/c36-31-13-6-4-11-28(31)21-39-34(46)35(20-25-8-1-2-9-26(25)22-40-43-37)32(30-12-5-3-10-27(30)23-41-44-38)48-33(42-35)24-14-16-29(17-15-24)47-19-7-18-45/h1-6,8-17,32,45H,7,18-23H2,(H,39,46)/t32-,35-/m1/s1. The number of halogens is 1. The van der Waals surface area contributed by atoms with Crippen LogP contribution in [-0.4, -0.2) is 35.7 Å². The van der Waals surface area contributed by atoms with Crippen LogP contribution in [0, 0.1) is 0 Å². The van der Waals surface area contributed by atoms with E-state index < -0.39 is 17.6 Å². The third-order valence-electron chi connectivity index (χ3n) is 7.95. The molecule has 1 heterocycles. The molecular weight excluding hydrogens is 632 g/mol. The van der Waals surface area contributed by atoms with Gasteiger partial charge in [0, 0.05) is 46.4 Å². The Morgan fingerprint density at radius 2 is 1.52 bits per heavy atom. The summed E-state index contributed by atoms with van der Waals surface area (Å²) in [5.74, 6) is 0.433. The molecule has 5 rings (SSSR count). The molecule has 4 aromatic rings. The monoisotopic (exact) mass is 664 g/mol. The van der Waals surface area contributed by atoms with E-state index in [0.29, 0.717) is 40.5 Å². The molecule has 2 atom stereocenters. The van der Waals surface area contributed by atoms with Crippen molar-refractivity contribution >= 4 is 23.4 Å². The normalized spacial score (nSPS) is 16.5. The first kappa shape index (κ1) is 33.8. The maximum atomic E-state index is 14.7. The van der Waals surface area contributed by atoms with Gasteiger partial charge in [0.15, 0.2) is 11.6 Å². The van der Waals surface area contributed by atoms with Crippen LogP contribution >= 0.6 is 11.6 Å². The van der Waals surface area contributed by atoms with E-state index >= 15 is 0 Å². The van der Waals surface area contributed by atoms with Gasteiger partial charge in [-0.3, -0.25) is 4.79 Å². The lowest BCUT2D eigenvalue weighted by Gasteiger charge is -2.32. The van der Waals surface area contributed by atoms with Crippen molar-refractivity contribution in [2.24, 2.45) is 15.2 Å². The summed E-state index contributed by atoms with van der Waals surface area (Å²) in [6.45, 7) is 0.640. The molecule has 1 aliphatic heterocycles. The highest BCUT2D eigenvalue weighted by Crippen LogP contribution is 2.44. The molecule has 1 aliphatic rings. The zero-order valence-electron chi connectivity index (χ0n) is 25.9. The fraction of sp³-hybridized carbons (Fsp3) is 0.257. The van der Waals surface area contributed by atoms with E-state index in [9.17, 15) is 4.79 Å². The van der Waals surface area contributed by atoms with Crippen LogP contribution in [0.2, 0.25) is 5.02 Å². The second kappa shape index (κ2) is 16.4. The molecule has 12 nitrogen and oxygen atoms in total. The summed E-state index contributed by atoms with van der Waals surface area (Å²) in [5, 5.41) is 20.2. The van der Waals surface area contributed by atoms with Gasteiger partial charge in [-0.25, -0.2) is 4.99 Å². The zero-order chi connectivity index (χ0) is 33.8. The Bertz CT molecular complexity index is 1870. The molecule has 48 heavy (non-hydrogen) atoms. The van der Waals surface area contributed by atoms with Crippen molar-refractivity contribution in [3.63, 3.8) is 0 Å². The smallest absolute Gasteiger partial charge is 0.252 e. The first-order valence-electron chi connectivity index (χ1n) is 15.3. The van der Waals surface area contributed by atoms with E-state index in [1.165, 1.54) is 0 Å². The predicted molar refractivity (Wildman–Crippen MR) is 182 cm³/mol. The van der Waals surface area contributed by atoms with Gasteiger partial charge in [-0.2, -0.15) is 0 Å². The summed E-state index contributed by atoms with van der Waals surface area (Å²) in [4.78, 5) is 25.7. The fourth-order valence-electron chi connectivity index (χ4n) is 5.55. The number of aliphatic imine (C=N–C) groups is 1. The summed E-state index contributed by atoms with van der Waals surface area (Å²) in [6.07, 6.45) is -0.358. The number of hydrogen-bond donors (Lipinski definition) is 2. The van der Waals surface area contributed by atoms with Crippen LogP contribution in [0.4, 0.5) is 0 Å². The first-order valence-corrected chi connectivity index (χ1v) is 15.7. The number of nitrogens with one attached hydrogen (secondary N) is 1. The maximum Gasteiger partial charge on any atom is 0.252 e. The lowest BCUT2D eigenvalue weighted by molar-refractivity contribution is -0.129. The highest BCUT2D eigenvalue weighted by Gasteiger charge is 2.54. The molecule has 0 spiro atoms. The van der Waals surface area contributed by atoms with Crippen molar-refractivity contribution < 1.29 is 19.4 Å². The van der Waals surface area contributed by atoms with E-state index in [2.05, 4.69) is 25.4 Å². The van der Waals surface area contributed by atoms with Crippen molar-refractivity contribution in [3.05, 3.63) is 156 Å². The molecule has 0 bridgehead atoms. The van der Waals surface area contributed by atoms with Gasteiger partial charge in [0.2, 0.25) is 5.90 Å². The molecule has 0 saturated carbocycles. The number of hydrogen-bond acceptors (Lipinski definition) is 7. The Morgan fingerprint density at radius 1 is 0.896 bits per heavy atom. The number of aliphatic hydroxyl groups is 1. The zero-order valence-corrected chi connectivity index (χ0v) is 26.7. The Kier molecular flexibility index (Phi) is 11.5. The number of carbonyl (C=O) groups is 1. The topological polar surface area (TPSA) is 178 Å². The Morgan fingerprint density at radius 3 is 2.21 bits per heavy atom. The largest absolute Gasteiger partial charge is 0.494 e. The minimum Gasteiger partial charge on any atom is -0.494 e. The minimum absolute atomic E-state index is 0.0257. The van der Waals surface area contributed by atoms with Gasteiger partial charge in [0.05, 0.1) is 19.7 Å². The van der Waals surface area contributed by atoms with Crippen LogP contribution in [0.25, 0.3) is 20.9 Å². The Hall–Kier alpha value is -5.51. The number of amides is 1. The minimum atomic E-state index is -1.56. The van der Waals surface area contributed by atoms with Crippen LogP contribution in [0.1, 0.15) is 45.9 Å². The molecule has 0 unspecified atom stereocenters. The van der Waals surface area contributed by atoms with Crippen molar-refractivity contribution in [1.29, 1.82) is 0 Å². The van der Waals surface area contributed by atoms with Crippen molar-refractivity contribution in [2.45, 2.75) is 44.1 Å². The van der Waals surface area contributed by atoms with Gasteiger partial charge in [0.1, 0.15) is 5.75 Å². The van der Waals surface area contributed by atoms with E-state index in [1.807, 2.05) is 66.7 Å².